The quantitative estimate of drug-likeness (QED) is 0.690. The number of benzene rings is 2. The molecule has 0 bridgehead atoms. The van der Waals surface area contributed by atoms with Crippen molar-refractivity contribution in [2.45, 2.75) is 19.5 Å². The van der Waals surface area contributed by atoms with E-state index >= 15 is 0 Å². The van der Waals surface area contributed by atoms with E-state index in [0.717, 1.165) is 23.4 Å². The molecule has 0 radical (unpaired) electrons. The maximum atomic E-state index is 13.8. The Bertz CT molecular complexity index is 914. The lowest BCUT2D eigenvalue weighted by atomic mass is 9.98. The van der Waals surface area contributed by atoms with E-state index in [-0.39, 0.29) is 17.8 Å². The average molecular weight is 334 g/mol. The molecule has 0 aliphatic carbocycles. The first-order valence-electron chi connectivity index (χ1n) is 8.41. The van der Waals surface area contributed by atoms with E-state index in [1.54, 1.807) is 6.07 Å². The predicted molar refractivity (Wildman–Crippen MR) is 94.9 cm³/mol. The Kier molecular flexibility index (Phi) is 3.88. The lowest BCUT2D eigenvalue weighted by molar-refractivity contribution is 0.0663. The van der Waals surface area contributed by atoms with E-state index in [1.165, 1.54) is 12.1 Å². The molecule has 1 aromatic heterocycles. The van der Waals surface area contributed by atoms with Crippen molar-refractivity contribution < 1.29 is 9.18 Å². The van der Waals surface area contributed by atoms with Gasteiger partial charge in [0.05, 0.1) is 6.04 Å². The Morgan fingerprint density at radius 3 is 2.60 bits per heavy atom. The average Bonchev–Trinajstić information content (AvgIpc) is 3.09. The van der Waals surface area contributed by atoms with Gasteiger partial charge in [-0.05, 0) is 48.9 Å². The van der Waals surface area contributed by atoms with Crippen molar-refractivity contribution in [2.24, 2.45) is 0 Å². The van der Waals surface area contributed by atoms with Crippen LogP contribution in [-0.2, 0) is 6.54 Å². The molecule has 3 aromatic rings. The van der Waals surface area contributed by atoms with E-state index in [4.69, 9.17) is 0 Å². The zero-order valence-electron chi connectivity index (χ0n) is 14.0. The second-order valence-corrected chi connectivity index (χ2v) is 6.45. The number of hydrogen-bond donors (Lipinski definition) is 0. The number of carbonyl (C=O) groups excluding carboxylic acids is 1. The summed E-state index contributed by atoms with van der Waals surface area (Å²) in [6, 6.07) is 17.8. The number of nitrogens with zero attached hydrogens (tertiary/aromatic N) is 2. The Balaban J connectivity index is 1.78. The van der Waals surface area contributed by atoms with Gasteiger partial charge in [-0.1, -0.05) is 29.8 Å². The van der Waals surface area contributed by atoms with Crippen LogP contribution in [-0.4, -0.2) is 21.9 Å². The number of hydrogen-bond acceptors (Lipinski definition) is 1. The van der Waals surface area contributed by atoms with Gasteiger partial charge in [0.15, 0.2) is 0 Å². The molecule has 1 aliphatic heterocycles. The molecular formula is C21H19FN2O. The Morgan fingerprint density at radius 1 is 1.04 bits per heavy atom. The molecular weight excluding hydrogens is 315 g/mol. The van der Waals surface area contributed by atoms with Gasteiger partial charge in [0.2, 0.25) is 0 Å². The van der Waals surface area contributed by atoms with Gasteiger partial charge in [-0.3, -0.25) is 4.79 Å². The second-order valence-electron chi connectivity index (χ2n) is 6.45. The zero-order valence-corrected chi connectivity index (χ0v) is 14.0. The van der Waals surface area contributed by atoms with Gasteiger partial charge in [0.25, 0.3) is 5.91 Å². The minimum Gasteiger partial charge on any atom is -0.348 e. The van der Waals surface area contributed by atoms with Crippen LogP contribution in [0.5, 0.6) is 0 Å². The molecule has 1 aliphatic rings. The maximum Gasteiger partial charge on any atom is 0.254 e. The first-order valence-corrected chi connectivity index (χ1v) is 8.41. The van der Waals surface area contributed by atoms with Crippen LogP contribution in [0.25, 0.3) is 0 Å². The summed E-state index contributed by atoms with van der Waals surface area (Å²) in [5.41, 5.74) is 3.58. The van der Waals surface area contributed by atoms with E-state index in [1.807, 2.05) is 60.5 Å². The van der Waals surface area contributed by atoms with Gasteiger partial charge >= 0.3 is 0 Å². The summed E-state index contributed by atoms with van der Waals surface area (Å²) in [5.74, 6) is -0.314. The molecule has 0 saturated carbocycles. The predicted octanol–water partition coefficient (Wildman–Crippen LogP) is 4.18. The van der Waals surface area contributed by atoms with E-state index < -0.39 is 0 Å². The van der Waals surface area contributed by atoms with Crippen molar-refractivity contribution in [1.29, 1.82) is 0 Å². The number of fused-ring (bicyclic) bond motifs is 1. The fraction of sp³-hybridized carbons (Fsp3) is 0.190. The molecule has 0 fully saturated rings. The highest BCUT2D eigenvalue weighted by molar-refractivity contribution is 5.94. The monoisotopic (exact) mass is 334 g/mol. The minimum absolute atomic E-state index is 0.0262. The van der Waals surface area contributed by atoms with Crippen LogP contribution in [0, 0.1) is 12.7 Å². The second kappa shape index (κ2) is 6.20. The van der Waals surface area contributed by atoms with Gasteiger partial charge in [-0.2, -0.15) is 0 Å². The van der Waals surface area contributed by atoms with Crippen molar-refractivity contribution >= 4 is 5.91 Å². The minimum atomic E-state index is -0.288. The van der Waals surface area contributed by atoms with Crippen molar-refractivity contribution in [2.75, 3.05) is 6.54 Å². The van der Waals surface area contributed by atoms with Gasteiger partial charge in [-0.25, -0.2) is 4.39 Å². The number of halogens is 1. The first-order chi connectivity index (χ1) is 12.1. The Labute approximate surface area is 146 Å². The molecule has 0 unspecified atom stereocenters. The third-order valence-corrected chi connectivity index (χ3v) is 4.76. The van der Waals surface area contributed by atoms with Crippen LogP contribution in [0.15, 0.2) is 66.9 Å². The summed E-state index contributed by atoms with van der Waals surface area (Å²) in [7, 11) is 0. The van der Waals surface area contributed by atoms with Crippen molar-refractivity contribution in [3.05, 3.63) is 95.1 Å². The molecule has 0 N–H and O–H groups in total. The summed E-state index contributed by atoms with van der Waals surface area (Å²) in [6.07, 6.45) is 2.01. The van der Waals surface area contributed by atoms with Crippen molar-refractivity contribution in [3.8, 4) is 0 Å². The normalized spacial score (nSPS) is 16.6. The van der Waals surface area contributed by atoms with Crippen LogP contribution in [0.4, 0.5) is 4.39 Å². The van der Waals surface area contributed by atoms with Crippen molar-refractivity contribution in [3.63, 3.8) is 0 Å². The molecule has 0 saturated heterocycles. The summed E-state index contributed by atoms with van der Waals surface area (Å²) in [4.78, 5) is 15.0. The highest BCUT2D eigenvalue weighted by Crippen LogP contribution is 2.33. The van der Waals surface area contributed by atoms with Gasteiger partial charge in [0.1, 0.15) is 5.82 Å². The van der Waals surface area contributed by atoms with Crippen molar-refractivity contribution in [1.82, 2.24) is 9.47 Å². The molecule has 2 heterocycles. The molecule has 1 atom stereocenters. The van der Waals surface area contributed by atoms with Crippen LogP contribution in [0.2, 0.25) is 0 Å². The molecule has 25 heavy (non-hydrogen) atoms. The number of amides is 1. The Morgan fingerprint density at radius 2 is 1.84 bits per heavy atom. The largest absolute Gasteiger partial charge is 0.348 e. The lowest BCUT2D eigenvalue weighted by Gasteiger charge is -2.37. The van der Waals surface area contributed by atoms with Crippen LogP contribution >= 0.6 is 0 Å². The fourth-order valence-corrected chi connectivity index (χ4v) is 3.49. The third kappa shape index (κ3) is 2.84. The lowest BCUT2D eigenvalue weighted by Crippen LogP contribution is -2.42. The third-order valence-electron chi connectivity index (χ3n) is 4.76. The first kappa shape index (κ1) is 15.6. The fourth-order valence-electron chi connectivity index (χ4n) is 3.49. The Hall–Kier alpha value is -2.88. The molecule has 2 aromatic carbocycles. The molecule has 4 rings (SSSR count). The molecule has 4 heteroatoms. The van der Waals surface area contributed by atoms with Crippen LogP contribution in [0.1, 0.15) is 33.2 Å². The van der Waals surface area contributed by atoms with Crippen LogP contribution < -0.4 is 0 Å². The van der Waals surface area contributed by atoms with E-state index in [0.29, 0.717) is 12.1 Å². The molecule has 3 nitrogen and oxygen atoms in total. The van der Waals surface area contributed by atoms with E-state index in [2.05, 4.69) is 4.57 Å². The SMILES string of the molecule is Cc1ccc(C(=O)N2CCn3cccc3[C@H]2c2cccc(F)c2)cc1. The molecule has 1 amide bonds. The molecule has 0 spiro atoms. The highest BCUT2D eigenvalue weighted by Gasteiger charge is 2.32. The maximum absolute atomic E-state index is 13.8. The van der Waals surface area contributed by atoms with Gasteiger partial charge in [0, 0.05) is 30.5 Å². The standard InChI is InChI=1S/C21H19FN2O/c1-15-7-9-16(10-8-15)21(25)24-13-12-23-11-3-6-19(23)20(24)17-4-2-5-18(22)14-17/h2-11,14,20H,12-13H2,1H3/t20-/m1/s1. The summed E-state index contributed by atoms with van der Waals surface area (Å²) in [6.45, 7) is 3.33. The topological polar surface area (TPSA) is 25.2 Å². The summed E-state index contributed by atoms with van der Waals surface area (Å²) >= 11 is 0. The van der Waals surface area contributed by atoms with Crippen LogP contribution in [0.3, 0.4) is 0 Å². The smallest absolute Gasteiger partial charge is 0.254 e. The number of aromatic nitrogens is 1. The number of rotatable bonds is 2. The van der Waals surface area contributed by atoms with Gasteiger partial charge < -0.3 is 9.47 Å². The highest BCUT2D eigenvalue weighted by atomic mass is 19.1. The molecule has 126 valence electrons. The number of aryl methyl sites for hydroxylation is 1. The van der Waals surface area contributed by atoms with Gasteiger partial charge in [-0.15, -0.1) is 0 Å². The van der Waals surface area contributed by atoms with E-state index in [9.17, 15) is 9.18 Å². The zero-order chi connectivity index (χ0) is 17.4. The summed E-state index contributed by atoms with van der Waals surface area (Å²) < 4.78 is 15.9. The summed E-state index contributed by atoms with van der Waals surface area (Å²) in [5, 5.41) is 0. The number of carbonyl (C=O) groups is 1.